The number of hydrogen-bond donors (Lipinski definition) is 0. The largest absolute Gasteiger partial charge is 0.309 e. The van der Waals surface area contributed by atoms with Crippen LogP contribution in [0.3, 0.4) is 0 Å². The summed E-state index contributed by atoms with van der Waals surface area (Å²) in [5.41, 5.74) is 11.5. The molecule has 0 N–H and O–H groups in total. The average Bonchev–Trinajstić information content (AvgIpc) is 3.70. The zero-order valence-electron chi connectivity index (χ0n) is 26.7. The predicted molar refractivity (Wildman–Crippen MR) is 200 cm³/mol. The Bertz CT molecular complexity index is 2900. The minimum atomic E-state index is 0.525. The van der Waals surface area contributed by atoms with Crippen LogP contribution in [0.5, 0.6) is 0 Å². The van der Waals surface area contributed by atoms with Crippen molar-refractivity contribution in [2.45, 2.75) is 0 Å². The third kappa shape index (κ3) is 4.38. The highest BCUT2D eigenvalue weighted by Gasteiger charge is 2.20. The van der Waals surface area contributed by atoms with Gasteiger partial charge in [0.05, 0.1) is 62.7 Å². The summed E-state index contributed by atoms with van der Waals surface area (Å²) in [5, 5.41) is 34.1. The van der Waals surface area contributed by atoms with Gasteiger partial charge in [-0.15, -0.1) is 0 Å². The van der Waals surface area contributed by atoms with Crippen LogP contribution in [0.15, 0.2) is 152 Å². The van der Waals surface area contributed by atoms with Crippen molar-refractivity contribution in [3.05, 3.63) is 168 Å². The summed E-state index contributed by atoms with van der Waals surface area (Å²) in [6, 6.07) is 57.8. The van der Waals surface area contributed by atoms with Gasteiger partial charge < -0.3 is 9.13 Å². The first-order valence-corrected chi connectivity index (χ1v) is 16.3. The number of hydrogen-bond acceptors (Lipinski definition) is 3. The standard InChI is InChI=1S/C45H25N5/c46-26-29-13-20-34(32-16-18-33(19-17-32)49-41-10-4-1-7-35(41)36-8-2-5-11-42(36)49)39(23-29)38-21-14-31(28-48)25-45(38)50-43-12-6-3-9-37(43)40-24-30(27-47)15-22-44(40)50/h1-25H. The molecule has 0 aliphatic heterocycles. The van der Waals surface area contributed by atoms with Gasteiger partial charge in [0.25, 0.3) is 0 Å². The Labute approximate surface area is 287 Å². The second-order valence-electron chi connectivity index (χ2n) is 12.3. The zero-order chi connectivity index (χ0) is 33.8. The number of nitriles is 3. The summed E-state index contributed by atoms with van der Waals surface area (Å²) in [6.07, 6.45) is 0. The third-order valence-electron chi connectivity index (χ3n) is 9.62. The highest BCUT2D eigenvalue weighted by atomic mass is 15.0. The van der Waals surface area contributed by atoms with Crippen molar-refractivity contribution < 1.29 is 0 Å². The van der Waals surface area contributed by atoms with E-state index < -0.39 is 0 Å². The molecule has 9 aromatic rings. The van der Waals surface area contributed by atoms with Crippen molar-refractivity contribution in [2.24, 2.45) is 0 Å². The number of nitrogens with zero attached hydrogens (tertiary/aromatic N) is 5. The molecule has 0 aliphatic carbocycles. The van der Waals surface area contributed by atoms with Crippen molar-refractivity contribution in [3.63, 3.8) is 0 Å². The van der Waals surface area contributed by atoms with Gasteiger partial charge in [0, 0.05) is 32.8 Å². The average molecular weight is 636 g/mol. The maximum absolute atomic E-state index is 10.0. The first-order valence-electron chi connectivity index (χ1n) is 16.3. The van der Waals surface area contributed by atoms with Crippen LogP contribution in [0.1, 0.15) is 16.7 Å². The van der Waals surface area contributed by atoms with Gasteiger partial charge in [-0.2, -0.15) is 15.8 Å². The Morgan fingerprint density at radius 1 is 0.360 bits per heavy atom. The van der Waals surface area contributed by atoms with Crippen LogP contribution in [-0.2, 0) is 0 Å². The summed E-state index contributed by atoms with van der Waals surface area (Å²) in [4.78, 5) is 0. The molecule has 0 atom stereocenters. The Morgan fingerprint density at radius 2 is 0.840 bits per heavy atom. The van der Waals surface area contributed by atoms with Gasteiger partial charge in [-0.3, -0.25) is 0 Å². The lowest BCUT2D eigenvalue weighted by Crippen LogP contribution is -2.00. The summed E-state index contributed by atoms with van der Waals surface area (Å²) < 4.78 is 4.46. The molecule has 0 spiro atoms. The molecule has 2 aromatic heterocycles. The van der Waals surface area contributed by atoms with Crippen molar-refractivity contribution in [3.8, 4) is 51.8 Å². The fourth-order valence-electron chi connectivity index (χ4n) is 7.40. The highest BCUT2D eigenvalue weighted by Crippen LogP contribution is 2.41. The molecule has 0 saturated heterocycles. The van der Waals surface area contributed by atoms with Gasteiger partial charge in [-0.1, -0.05) is 78.9 Å². The van der Waals surface area contributed by atoms with Crippen LogP contribution < -0.4 is 0 Å². The molecule has 7 aromatic carbocycles. The van der Waals surface area contributed by atoms with Crippen molar-refractivity contribution in [1.29, 1.82) is 15.8 Å². The van der Waals surface area contributed by atoms with Crippen LogP contribution in [0.4, 0.5) is 0 Å². The van der Waals surface area contributed by atoms with Crippen LogP contribution in [0, 0.1) is 34.0 Å². The molecule has 0 saturated carbocycles. The Balaban J connectivity index is 1.26. The Hall–Kier alpha value is -7.39. The third-order valence-corrected chi connectivity index (χ3v) is 9.62. The van der Waals surface area contributed by atoms with Gasteiger partial charge >= 0.3 is 0 Å². The van der Waals surface area contributed by atoms with Gasteiger partial charge in [-0.25, -0.2) is 0 Å². The van der Waals surface area contributed by atoms with E-state index in [-0.39, 0.29) is 0 Å². The molecule has 0 aliphatic rings. The van der Waals surface area contributed by atoms with Gasteiger partial charge in [-0.05, 0) is 89.5 Å². The second-order valence-corrected chi connectivity index (χ2v) is 12.3. The van der Waals surface area contributed by atoms with E-state index in [9.17, 15) is 15.8 Å². The van der Waals surface area contributed by atoms with Crippen molar-refractivity contribution in [1.82, 2.24) is 9.13 Å². The smallest absolute Gasteiger partial charge is 0.0992 e. The molecule has 2 heterocycles. The molecule has 0 unspecified atom stereocenters. The fraction of sp³-hybridized carbons (Fsp3) is 0. The van der Waals surface area contributed by atoms with Crippen LogP contribution in [0.2, 0.25) is 0 Å². The molecule has 0 bridgehead atoms. The van der Waals surface area contributed by atoms with Gasteiger partial charge in [0.15, 0.2) is 0 Å². The lowest BCUT2D eigenvalue weighted by Gasteiger charge is -2.18. The van der Waals surface area contributed by atoms with Crippen LogP contribution in [-0.4, -0.2) is 9.13 Å². The lowest BCUT2D eigenvalue weighted by molar-refractivity contribution is 1.18. The maximum atomic E-state index is 10.0. The van der Waals surface area contributed by atoms with Crippen molar-refractivity contribution >= 4 is 43.6 Å². The van der Waals surface area contributed by atoms with E-state index in [1.165, 1.54) is 10.8 Å². The van der Waals surface area contributed by atoms with E-state index in [4.69, 9.17) is 0 Å². The topological polar surface area (TPSA) is 81.2 Å². The molecule has 0 amide bonds. The first kappa shape index (κ1) is 28.8. The predicted octanol–water partition coefficient (Wildman–Crippen LogP) is 10.8. The van der Waals surface area contributed by atoms with E-state index in [0.717, 1.165) is 66.5 Å². The van der Waals surface area contributed by atoms with E-state index in [1.807, 2.05) is 66.7 Å². The number of aromatic nitrogens is 2. The molecule has 5 heteroatoms. The number of para-hydroxylation sites is 3. The van der Waals surface area contributed by atoms with Gasteiger partial charge in [0.2, 0.25) is 0 Å². The number of fused-ring (bicyclic) bond motifs is 6. The quantitative estimate of drug-likeness (QED) is 0.193. The van der Waals surface area contributed by atoms with Crippen LogP contribution in [0.25, 0.3) is 77.2 Å². The van der Waals surface area contributed by atoms with Crippen molar-refractivity contribution in [2.75, 3.05) is 0 Å². The SMILES string of the molecule is N#Cc1ccc(-c2ccc(-n3c4ccccc4c4ccccc43)cc2)c(-c2ccc(C#N)cc2-n2c3ccccc3c3cc(C#N)ccc32)c1. The minimum absolute atomic E-state index is 0.525. The zero-order valence-corrected chi connectivity index (χ0v) is 26.7. The minimum Gasteiger partial charge on any atom is -0.309 e. The first-order chi connectivity index (χ1) is 24.7. The lowest BCUT2D eigenvalue weighted by atomic mass is 9.91. The monoisotopic (exact) mass is 635 g/mol. The number of rotatable bonds is 4. The summed E-state index contributed by atoms with van der Waals surface area (Å²) >= 11 is 0. The molecule has 0 radical (unpaired) electrons. The molecule has 9 rings (SSSR count). The Kier molecular flexibility index (Phi) is 6.56. The van der Waals surface area contributed by atoms with E-state index in [2.05, 4.69) is 112 Å². The molecular formula is C45H25N5. The van der Waals surface area contributed by atoms with E-state index in [0.29, 0.717) is 16.7 Å². The summed E-state index contributed by atoms with van der Waals surface area (Å²) in [5.74, 6) is 0. The normalized spacial score (nSPS) is 11.1. The molecule has 5 nitrogen and oxygen atoms in total. The molecule has 50 heavy (non-hydrogen) atoms. The summed E-state index contributed by atoms with van der Waals surface area (Å²) in [6.45, 7) is 0. The number of benzene rings is 7. The maximum Gasteiger partial charge on any atom is 0.0992 e. The molecule has 230 valence electrons. The Morgan fingerprint density at radius 3 is 1.46 bits per heavy atom. The summed E-state index contributed by atoms with van der Waals surface area (Å²) in [7, 11) is 0. The van der Waals surface area contributed by atoms with Crippen LogP contribution >= 0.6 is 0 Å². The second kappa shape index (κ2) is 11.4. The van der Waals surface area contributed by atoms with E-state index >= 15 is 0 Å². The highest BCUT2D eigenvalue weighted by molar-refractivity contribution is 6.11. The molecule has 0 fully saturated rings. The fourth-order valence-corrected chi connectivity index (χ4v) is 7.40. The van der Waals surface area contributed by atoms with Gasteiger partial charge in [0.1, 0.15) is 0 Å². The van der Waals surface area contributed by atoms with E-state index in [1.54, 1.807) is 0 Å². The molecular weight excluding hydrogens is 611 g/mol.